The van der Waals surface area contributed by atoms with Crippen molar-refractivity contribution in [2.75, 3.05) is 6.61 Å². The Bertz CT molecular complexity index is 281. The zero-order valence-electron chi connectivity index (χ0n) is 9.86. The number of hydrogen-bond acceptors (Lipinski definition) is 2. The maximum Gasteiger partial charge on any atom is 0.119 e. The number of hydrogen-bond donors (Lipinski definition) is 1. The summed E-state index contributed by atoms with van der Waals surface area (Å²) in [6.07, 6.45) is 1.01. The highest BCUT2D eigenvalue weighted by Crippen LogP contribution is 2.22. The summed E-state index contributed by atoms with van der Waals surface area (Å²) >= 11 is 0. The lowest BCUT2D eigenvalue weighted by molar-refractivity contribution is 0.340. The molecule has 15 heavy (non-hydrogen) atoms. The van der Waals surface area contributed by atoms with E-state index in [1.165, 1.54) is 5.56 Å². The van der Waals surface area contributed by atoms with Crippen LogP contribution >= 0.6 is 0 Å². The molecule has 0 aliphatic rings. The van der Waals surface area contributed by atoms with Gasteiger partial charge < -0.3 is 10.5 Å². The van der Waals surface area contributed by atoms with Crippen LogP contribution in [-0.2, 0) is 0 Å². The molecule has 0 heterocycles. The summed E-state index contributed by atoms with van der Waals surface area (Å²) < 4.78 is 5.40. The molecule has 0 fully saturated rings. The summed E-state index contributed by atoms with van der Waals surface area (Å²) in [6.45, 7) is 6.99. The minimum Gasteiger partial charge on any atom is -0.494 e. The van der Waals surface area contributed by atoms with Crippen molar-refractivity contribution in [3.63, 3.8) is 0 Å². The molecule has 1 aromatic rings. The zero-order valence-corrected chi connectivity index (χ0v) is 9.86. The molecule has 0 spiro atoms. The van der Waals surface area contributed by atoms with Crippen molar-refractivity contribution in [3.8, 4) is 5.75 Å². The Labute approximate surface area is 92.4 Å². The average molecular weight is 207 g/mol. The van der Waals surface area contributed by atoms with Gasteiger partial charge in [0.15, 0.2) is 0 Å². The van der Waals surface area contributed by atoms with E-state index < -0.39 is 0 Å². The number of rotatable bonds is 5. The molecule has 0 radical (unpaired) electrons. The first-order valence-electron chi connectivity index (χ1n) is 5.67. The normalized spacial score (nSPS) is 14.7. The summed E-state index contributed by atoms with van der Waals surface area (Å²) in [5.41, 5.74) is 7.30. The van der Waals surface area contributed by atoms with Gasteiger partial charge in [0.05, 0.1) is 6.61 Å². The van der Waals surface area contributed by atoms with E-state index in [0.29, 0.717) is 12.5 Å². The summed E-state index contributed by atoms with van der Waals surface area (Å²) in [5.74, 6) is 1.34. The molecule has 0 saturated heterocycles. The zero-order chi connectivity index (χ0) is 11.3. The van der Waals surface area contributed by atoms with Crippen LogP contribution in [0.1, 0.15) is 38.7 Å². The molecule has 2 N–H and O–H groups in total. The fourth-order valence-electron chi connectivity index (χ4n) is 1.64. The molecule has 0 aliphatic carbocycles. The fraction of sp³-hybridized carbons (Fsp3) is 0.538. The van der Waals surface area contributed by atoms with Crippen LogP contribution in [-0.4, -0.2) is 12.6 Å². The van der Waals surface area contributed by atoms with Gasteiger partial charge in [-0.05, 0) is 37.0 Å². The number of nitrogens with two attached hydrogens (primary N) is 1. The standard InChI is InChI=1S/C13H21NO/c1-4-13(14)10(3)11-6-8-12(9-7-11)15-5-2/h6-10,13H,4-5,14H2,1-3H3. The van der Waals surface area contributed by atoms with Crippen molar-refractivity contribution in [2.24, 2.45) is 5.73 Å². The molecule has 84 valence electrons. The first kappa shape index (κ1) is 12.1. The fourth-order valence-corrected chi connectivity index (χ4v) is 1.64. The van der Waals surface area contributed by atoms with E-state index in [0.717, 1.165) is 12.2 Å². The van der Waals surface area contributed by atoms with Gasteiger partial charge in [-0.1, -0.05) is 26.0 Å². The van der Waals surface area contributed by atoms with Gasteiger partial charge in [-0.3, -0.25) is 0 Å². The molecule has 1 aromatic carbocycles. The Hall–Kier alpha value is -1.02. The van der Waals surface area contributed by atoms with Crippen molar-refractivity contribution in [2.45, 2.75) is 39.2 Å². The highest BCUT2D eigenvalue weighted by molar-refractivity contribution is 5.29. The summed E-state index contributed by atoms with van der Waals surface area (Å²) in [4.78, 5) is 0. The number of ether oxygens (including phenoxy) is 1. The van der Waals surface area contributed by atoms with Gasteiger partial charge in [-0.15, -0.1) is 0 Å². The Morgan fingerprint density at radius 1 is 1.20 bits per heavy atom. The topological polar surface area (TPSA) is 35.2 Å². The predicted molar refractivity (Wildman–Crippen MR) is 64.3 cm³/mol. The van der Waals surface area contributed by atoms with E-state index in [9.17, 15) is 0 Å². The van der Waals surface area contributed by atoms with Crippen LogP contribution < -0.4 is 10.5 Å². The second-order valence-electron chi connectivity index (χ2n) is 3.86. The Balaban J connectivity index is 2.70. The van der Waals surface area contributed by atoms with E-state index in [2.05, 4.69) is 26.0 Å². The van der Waals surface area contributed by atoms with Crippen LogP contribution in [0.3, 0.4) is 0 Å². The first-order chi connectivity index (χ1) is 7.19. The van der Waals surface area contributed by atoms with Gasteiger partial charge in [-0.25, -0.2) is 0 Å². The molecular formula is C13H21NO. The third-order valence-corrected chi connectivity index (χ3v) is 2.83. The van der Waals surface area contributed by atoms with Crippen LogP contribution in [0.5, 0.6) is 5.75 Å². The van der Waals surface area contributed by atoms with E-state index in [4.69, 9.17) is 10.5 Å². The predicted octanol–water partition coefficient (Wildman–Crippen LogP) is 2.93. The van der Waals surface area contributed by atoms with Crippen LogP contribution in [0.4, 0.5) is 0 Å². The minimum absolute atomic E-state index is 0.239. The highest BCUT2D eigenvalue weighted by Gasteiger charge is 2.12. The van der Waals surface area contributed by atoms with E-state index >= 15 is 0 Å². The van der Waals surface area contributed by atoms with Crippen LogP contribution in [0.25, 0.3) is 0 Å². The third kappa shape index (κ3) is 3.24. The van der Waals surface area contributed by atoms with Gasteiger partial charge >= 0.3 is 0 Å². The van der Waals surface area contributed by atoms with Gasteiger partial charge in [0.1, 0.15) is 5.75 Å². The van der Waals surface area contributed by atoms with Crippen molar-refractivity contribution in [1.29, 1.82) is 0 Å². The van der Waals surface area contributed by atoms with Gasteiger partial charge in [0, 0.05) is 6.04 Å². The Kier molecular flexibility index (Phi) is 4.63. The van der Waals surface area contributed by atoms with Crippen molar-refractivity contribution in [3.05, 3.63) is 29.8 Å². The molecule has 2 unspecified atom stereocenters. The molecule has 2 atom stereocenters. The van der Waals surface area contributed by atoms with Gasteiger partial charge in [-0.2, -0.15) is 0 Å². The summed E-state index contributed by atoms with van der Waals surface area (Å²) in [7, 11) is 0. The lowest BCUT2D eigenvalue weighted by Gasteiger charge is -2.18. The summed E-state index contributed by atoms with van der Waals surface area (Å²) in [5, 5.41) is 0. The smallest absolute Gasteiger partial charge is 0.119 e. The van der Waals surface area contributed by atoms with E-state index in [-0.39, 0.29) is 6.04 Å². The minimum atomic E-state index is 0.239. The molecule has 2 heteroatoms. The maximum atomic E-state index is 6.01. The summed E-state index contributed by atoms with van der Waals surface area (Å²) in [6, 6.07) is 8.47. The van der Waals surface area contributed by atoms with Crippen molar-refractivity contribution < 1.29 is 4.74 Å². The van der Waals surface area contributed by atoms with Crippen LogP contribution in [0.2, 0.25) is 0 Å². The second-order valence-corrected chi connectivity index (χ2v) is 3.86. The Morgan fingerprint density at radius 3 is 2.27 bits per heavy atom. The second kappa shape index (κ2) is 5.76. The molecule has 1 rings (SSSR count). The average Bonchev–Trinajstić information content (AvgIpc) is 2.28. The van der Waals surface area contributed by atoms with E-state index in [1.54, 1.807) is 0 Å². The molecule has 0 amide bonds. The van der Waals surface area contributed by atoms with Crippen LogP contribution in [0.15, 0.2) is 24.3 Å². The largest absolute Gasteiger partial charge is 0.494 e. The number of benzene rings is 1. The third-order valence-electron chi connectivity index (χ3n) is 2.83. The first-order valence-corrected chi connectivity index (χ1v) is 5.67. The molecular weight excluding hydrogens is 186 g/mol. The van der Waals surface area contributed by atoms with Crippen molar-refractivity contribution in [1.82, 2.24) is 0 Å². The highest BCUT2D eigenvalue weighted by atomic mass is 16.5. The maximum absolute atomic E-state index is 6.01. The Morgan fingerprint density at radius 2 is 1.80 bits per heavy atom. The van der Waals surface area contributed by atoms with E-state index in [1.807, 2.05) is 19.1 Å². The molecule has 0 bridgehead atoms. The molecule has 2 nitrogen and oxygen atoms in total. The van der Waals surface area contributed by atoms with Gasteiger partial charge in [0.2, 0.25) is 0 Å². The molecule has 0 saturated carbocycles. The molecule has 0 aliphatic heterocycles. The lowest BCUT2D eigenvalue weighted by Crippen LogP contribution is -2.25. The SMILES string of the molecule is CCOc1ccc(C(C)C(N)CC)cc1. The van der Waals surface area contributed by atoms with Crippen molar-refractivity contribution >= 4 is 0 Å². The molecule has 0 aromatic heterocycles. The monoisotopic (exact) mass is 207 g/mol. The van der Waals surface area contributed by atoms with Crippen LogP contribution in [0, 0.1) is 0 Å². The van der Waals surface area contributed by atoms with Gasteiger partial charge in [0.25, 0.3) is 0 Å². The quantitative estimate of drug-likeness (QED) is 0.805. The lowest BCUT2D eigenvalue weighted by atomic mass is 9.92.